The highest BCUT2D eigenvalue weighted by Crippen LogP contribution is 2.42. The first-order chi connectivity index (χ1) is 10.00. The van der Waals surface area contributed by atoms with E-state index in [-0.39, 0.29) is 10.8 Å². The molecule has 2 heterocycles. The number of nitrogens with zero attached hydrogens (tertiary/aromatic N) is 1. The molecule has 1 fully saturated rings. The van der Waals surface area contributed by atoms with Crippen molar-refractivity contribution in [2.45, 2.75) is 30.5 Å². The van der Waals surface area contributed by atoms with E-state index in [4.69, 9.17) is 5.11 Å². The molecule has 1 aliphatic rings. The number of alkyl halides is 5. The molecule has 1 aromatic heterocycles. The number of aromatic amines is 1. The van der Waals surface area contributed by atoms with Crippen LogP contribution in [0.1, 0.15) is 11.8 Å². The van der Waals surface area contributed by atoms with Crippen molar-refractivity contribution in [3.63, 3.8) is 0 Å². The quantitative estimate of drug-likeness (QED) is 0.630. The fourth-order valence-electron chi connectivity index (χ4n) is 1.98. The molecule has 124 valence electrons. The van der Waals surface area contributed by atoms with Crippen LogP contribution in [0.2, 0.25) is 0 Å². The molecule has 0 bridgehead atoms. The lowest BCUT2D eigenvalue weighted by molar-refractivity contribution is -0.148. The van der Waals surface area contributed by atoms with E-state index < -0.39 is 54.0 Å². The lowest BCUT2D eigenvalue weighted by atomic mass is 10.1. The standard InChI is InChI=1S/C10H9F5N2O5/c11-9(12)5(19)4(2-18)22-7(9)17-1-3(10(13,14)15)6(20)16-8(17)21/h1,4-5,7,18-19H,2H2,(H,16,20,21)/t4-,5-,7-/m1/s1. The molecule has 0 unspecified atom stereocenters. The molecule has 0 radical (unpaired) electrons. The highest BCUT2D eigenvalue weighted by atomic mass is 19.4. The Hall–Kier alpha value is -1.79. The van der Waals surface area contributed by atoms with E-state index in [9.17, 15) is 36.6 Å². The smallest absolute Gasteiger partial charge is 0.394 e. The molecule has 1 aromatic rings. The predicted octanol–water partition coefficient (Wildman–Crippen LogP) is -0.559. The second-order valence-electron chi connectivity index (χ2n) is 4.54. The molecule has 0 saturated carbocycles. The van der Waals surface area contributed by atoms with Gasteiger partial charge in [-0.1, -0.05) is 0 Å². The molecule has 1 saturated heterocycles. The van der Waals surface area contributed by atoms with Crippen LogP contribution in [0.3, 0.4) is 0 Å². The summed E-state index contributed by atoms with van der Waals surface area (Å²) in [6, 6.07) is 0. The van der Waals surface area contributed by atoms with Gasteiger partial charge in [0, 0.05) is 6.20 Å². The van der Waals surface area contributed by atoms with Crippen molar-refractivity contribution >= 4 is 0 Å². The molecule has 0 amide bonds. The van der Waals surface area contributed by atoms with Gasteiger partial charge in [-0.25, -0.2) is 4.79 Å². The second kappa shape index (κ2) is 5.14. The number of halogens is 5. The minimum absolute atomic E-state index is 0.119. The van der Waals surface area contributed by atoms with Crippen LogP contribution >= 0.6 is 0 Å². The second-order valence-corrected chi connectivity index (χ2v) is 4.54. The number of aliphatic hydroxyl groups excluding tert-OH is 2. The van der Waals surface area contributed by atoms with E-state index in [1.165, 1.54) is 4.98 Å². The Kier molecular flexibility index (Phi) is 3.87. The van der Waals surface area contributed by atoms with Crippen LogP contribution < -0.4 is 11.2 Å². The van der Waals surface area contributed by atoms with Gasteiger partial charge in [0.2, 0.25) is 6.23 Å². The van der Waals surface area contributed by atoms with E-state index in [2.05, 4.69) is 4.74 Å². The van der Waals surface area contributed by atoms with Crippen LogP contribution in [0.5, 0.6) is 0 Å². The zero-order valence-electron chi connectivity index (χ0n) is 10.5. The summed E-state index contributed by atoms with van der Waals surface area (Å²) in [5.74, 6) is -4.15. The van der Waals surface area contributed by atoms with E-state index in [0.29, 0.717) is 0 Å². The van der Waals surface area contributed by atoms with Gasteiger partial charge in [-0.2, -0.15) is 22.0 Å². The van der Waals surface area contributed by atoms with Crippen LogP contribution in [0, 0.1) is 0 Å². The van der Waals surface area contributed by atoms with Crippen LogP contribution in [0.25, 0.3) is 0 Å². The number of hydrogen-bond donors (Lipinski definition) is 3. The van der Waals surface area contributed by atoms with Gasteiger partial charge in [-0.3, -0.25) is 14.3 Å². The summed E-state index contributed by atoms with van der Waals surface area (Å²) in [5, 5.41) is 18.1. The van der Waals surface area contributed by atoms with Gasteiger partial charge >= 0.3 is 17.8 Å². The minimum Gasteiger partial charge on any atom is -0.394 e. The number of rotatable bonds is 2. The molecule has 2 rings (SSSR count). The number of ether oxygens (including phenoxy) is 1. The highest BCUT2D eigenvalue weighted by Gasteiger charge is 2.59. The SMILES string of the molecule is O=c1[nH]c(=O)n([C@@H]2O[C@H](CO)[C@@H](O)C2(F)F)cc1C(F)(F)F. The van der Waals surface area contributed by atoms with Crippen molar-refractivity contribution in [2.24, 2.45) is 0 Å². The number of H-pyrrole nitrogens is 1. The van der Waals surface area contributed by atoms with E-state index in [1.54, 1.807) is 0 Å². The van der Waals surface area contributed by atoms with Gasteiger partial charge in [-0.15, -0.1) is 0 Å². The number of aromatic nitrogens is 2. The Morgan fingerprint density at radius 3 is 2.41 bits per heavy atom. The third kappa shape index (κ3) is 2.53. The van der Waals surface area contributed by atoms with Crippen molar-refractivity contribution in [1.29, 1.82) is 0 Å². The fourth-order valence-corrected chi connectivity index (χ4v) is 1.98. The topological polar surface area (TPSA) is 105 Å². The average Bonchev–Trinajstić information content (AvgIpc) is 2.60. The Morgan fingerprint density at radius 1 is 1.36 bits per heavy atom. The molecule has 0 spiro atoms. The van der Waals surface area contributed by atoms with E-state index in [1.807, 2.05) is 0 Å². The number of aliphatic hydroxyl groups is 2. The molecule has 3 N–H and O–H groups in total. The Morgan fingerprint density at radius 2 is 1.95 bits per heavy atom. The van der Waals surface area contributed by atoms with Crippen LogP contribution in [0.4, 0.5) is 22.0 Å². The molecular formula is C10H9F5N2O5. The number of hydrogen-bond acceptors (Lipinski definition) is 5. The van der Waals surface area contributed by atoms with Crippen LogP contribution in [0.15, 0.2) is 15.8 Å². The third-order valence-corrected chi connectivity index (χ3v) is 3.09. The maximum Gasteiger partial charge on any atom is 0.423 e. The van der Waals surface area contributed by atoms with Gasteiger partial charge in [0.25, 0.3) is 5.56 Å². The minimum atomic E-state index is -5.19. The zero-order valence-corrected chi connectivity index (χ0v) is 10.5. The summed E-state index contributed by atoms with van der Waals surface area (Å²) in [6.45, 7) is -1.04. The molecule has 7 nitrogen and oxygen atoms in total. The molecule has 3 atom stereocenters. The van der Waals surface area contributed by atoms with Gasteiger partial charge in [0.1, 0.15) is 11.7 Å². The predicted molar refractivity (Wildman–Crippen MR) is 58.3 cm³/mol. The first kappa shape index (κ1) is 16.6. The van der Waals surface area contributed by atoms with Gasteiger partial charge in [0.05, 0.1) is 6.61 Å². The monoisotopic (exact) mass is 332 g/mol. The van der Waals surface area contributed by atoms with Crippen LogP contribution in [-0.4, -0.2) is 44.5 Å². The molecule has 22 heavy (non-hydrogen) atoms. The normalized spacial score (nSPS) is 28.0. The van der Waals surface area contributed by atoms with Crippen molar-refractivity contribution in [1.82, 2.24) is 9.55 Å². The van der Waals surface area contributed by atoms with Crippen molar-refractivity contribution in [3.05, 3.63) is 32.6 Å². The van der Waals surface area contributed by atoms with Gasteiger partial charge < -0.3 is 14.9 Å². The summed E-state index contributed by atoms with van der Waals surface area (Å²) in [5.41, 5.74) is -5.25. The molecular weight excluding hydrogens is 323 g/mol. The average molecular weight is 332 g/mol. The Labute approximate surface area is 117 Å². The van der Waals surface area contributed by atoms with Crippen molar-refractivity contribution in [2.75, 3.05) is 6.61 Å². The maximum absolute atomic E-state index is 13.8. The molecule has 1 aliphatic heterocycles. The van der Waals surface area contributed by atoms with E-state index in [0.717, 1.165) is 0 Å². The maximum atomic E-state index is 13.8. The fraction of sp³-hybridized carbons (Fsp3) is 0.600. The Balaban J connectivity index is 2.59. The van der Waals surface area contributed by atoms with Crippen molar-refractivity contribution in [3.8, 4) is 0 Å². The molecule has 0 aliphatic carbocycles. The molecule has 12 heteroatoms. The third-order valence-electron chi connectivity index (χ3n) is 3.09. The highest BCUT2D eigenvalue weighted by molar-refractivity contribution is 5.10. The summed E-state index contributed by atoms with van der Waals surface area (Å²) in [4.78, 5) is 23.8. The van der Waals surface area contributed by atoms with Crippen molar-refractivity contribution < 1.29 is 36.9 Å². The number of nitrogens with one attached hydrogen (secondary N) is 1. The summed E-state index contributed by atoms with van der Waals surface area (Å²) in [6.07, 6.45) is -12.2. The van der Waals surface area contributed by atoms with E-state index >= 15 is 0 Å². The lowest BCUT2D eigenvalue weighted by Gasteiger charge is -2.21. The largest absolute Gasteiger partial charge is 0.423 e. The summed E-state index contributed by atoms with van der Waals surface area (Å²) < 4.78 is 69.8. The van der Waals surface area contributed by atoms with Gasteiger partial charge in [0.15, 0.2) is 6.10 Å². The molecule has 0 aromatic carbocycles. The zero-order chi connectivity index (χ0) is 16.9. The van der Waals surface area contributed by atoms with Gasteiger partial charge in [-0.05, 0) is 0 Å². The Bertz CT molecular complexity index is 682. The first-order valence-corrected chi connectivity index (χ1v) is 5.75. The summed E-state index contributed by atoms with van der Waals surface area (Å²) >= 11 is 0. The first-order valence-electron chi connectivity index (χ1n) is 5.75. The summed E-state index contributed by atoms with van der Waals surface area (Å²) in [7, 11) is 0. The van der Waals surface area contributed by atoms with Crippen LogP contribution in [-0.2, 0) is 10.9 Å². The lowest BCUT2D eigenvalue weighted by Crippen LogP contribution is -2.44.